The van der Waals surface area contributed by atoms with E-state index in [-0.39, 0.29) is 0 Å². The fraction of sp³-hybridized carbons (Fsp3) is 0.0833. The Morgan fingerprint density at radius 1 is 1.28 bits per heavy atom. The van der Waals surface area contributed by atoms with Crippen LogP contribution < -0.4 is 5.32 Å². The number of rotatable bonds is 3. The van der Waals surface area contributed by atoms with Crippen molar-refractivity contribution in [1.29, 1.82) is 0 Å². The average Bonchev–Trinajstić information content (AvgIpc) is 2.92. The lowest BCUT2D eigenvalue weighted by Crippen LogP contribution is -2.00. The summed E-state index contributed by atoms with van der Waals surface area (Å²) in [7, 11) is 0. The molecule has 0 aliphatic rings. The lowest BCUT2D eigenvalue weighted by atomic mass is 10.1. The maximum Gasteiger partial charge on any atom is 0.205 e. The molecule has 1 aromatic carbocycles. The molecule has 4 nitrogen and oxygen atoms in total. The van der Waals surface area contributed by atoms with Crippen molar-refractivity contribution in [3.8, 4) is 0 Å². The standard InChI is InChI=1S/C12H9ClN4S/c13-10-4-3-8(6-15-12-17-16-7-18-12)11-9(10)2-1-5-14-11/h1-5,7H,6H2,(H,15,17). The third-order valence-corrected chi connectivity index (χ3v) is 3.57. The SMILES string of the molecule is Clc1ccc(CNc2nncs2)c2ncccc12. The highest BCUT2D eigenvalue weighted by atomic mass is 35.5. The minimum absolute atomic E-state index is 0.653. The van der Waals surface area contributed by atoms with Gasteiger partial charge in [-0.05, 0) is 23.8 Å². The van der Waals surface area contributed by atoms with Crippen molar-refractivity contribution in [1.82, 2.24) is 15.2 Å². The molecule has 0 aliphatic heterocycles. The molecular formula is C12H9ClN4S. The fourth-order valence-corrected chi connectivity index (χ4v) is 2.42. The van der Waals surface area contributed by atoms with Crippen molar-refractivity contribution in [3.05, 3.63) is 46.6 Å². The maximum atomic E-state index is 6.15. The van der Waals surface area contributed by atoms with E-state index in [1.54, 1.807) is 11.7 Å². The van der Waals surface area contributed by atoms with Crippen LogP contribution in [-0.4, -0.2) is 15.2 Å². The van der Waals surface area contributed by atoms with Crippen molar-refractivity contribution in [2.45, 2.75) is 6.54 Å². The lowest BCUT2D eigenvalue weighted by Gasteiger charge is -2.07. The molecule has 18 heavy (non-hydrogen) atoms. The minimum Gasteiger partial charge on any atom is -0.356 e. The van der Waals surface area contributed by atoms with Gasteiger partial charge in [-0.2, -0.15) is 0 Å². The second-order valence-electron chi connectivity index (χ2n) is 3.70. The summed E-state index contributed by atoms with van der Waals surface area (Å²) in [5.41, 5.74) is 3.70. The molecule has 2 heterocycles. The number of hydrogen-bond donors (Lipinski definition) is 1. The summed E-state index contributed by atoms with van der Waals surface area (Å²) in [4.78, 5) is 4.38. The number of nitrogens with zero attached hydrogens (tertiary/aromatic N) is 3. The van der Waals surface area contributed by atoms with Crippen LogP contribution in [0, 0.1) is 0 Å². The van der Waals surface area contributed by atoms with Gasteiger partial charge in [-0.15, -0.1) is 10.2 Å². The maximum absolute atomic E-state index is 6.15. The first-order valence-electron chi connectivity index (χ1n) is 5.37. The van der Waals surface area contributed by atoms with Gasteiger partial charge in [0.25, 0.3) is 0 Å². The van der Waals surface area contributed by atoms with Crippen LogP contribution in [0.5, 0.6) is 0 Å². The summed E-state index contributed by atoms with van der Waals surface area (Å²) >= 11 is 7.62. The van der Waals surface area contributed by atoms with Crippen LogP contribution in [0.15, 0.2) is 36.0 Å². The molecular weight excluding hydrogens is 268 g/mol. The predicted molar refractivity (Wildman–Crippen MR) is 74.0 cm³/mol. The molecule has 0 aliphatic carbocycles. The van der Waals surface area contributed by atoms with Gasteiger partial charge in [0.1, 0.15) is 5.51 Å². The molecule has 0 saturated heterocycles. The van der Waals surface area contributed by atoms with Gasteiger partial charge in [0.05, 0.1) is 5.52 Å². The van der Waals surface area contributed by atoms with E-state index in [0.717, 1.165) is 26.6 Å². The molecule has 90 valence electrons. The third kappa shape index (κ3) is 2.14. The highest BCUT2D eigenvalue weighted by molar-refractivity contribution is 7.13. The third-order valence-electron chi connectivity index (χ3n) is 2.59. The molecule has 0 bridgehead atoms. The summed E-state index contributed by atoms with van der Waals surface area (Å²) in [5, 5.41) is 13.4. The summed E-state index contributed by atoms with van der Waals surface area (Å²) in [5.74, 6) is 0. The molecule has 0 radical (unpaired) electrons. The van der Waals surface area contributed by atoms with Gasteiger partial charge in [0.15, 0.2) is 0 Å². The number of anilines is 1. The molecule has 3 aromatic rings. The highest BCUT2D eigenvalue weighted by Gasteiger charge is 2.06. The first-order valence-corrected chi connectivity index (χ1v) is 6.62. The van der Waals surface area contributed by atoms with Crippen molar-refractivity contribution in [2.75, 3.05) is 5.32 Å². The fourth-order valence-electron chi connectivity index (χ4n) is 1.76. The quantitative estimate of drug-likeness (QED) is 0.797. The van der Waals surface area contributed by atoms with Crippen LogP contribution in [0.4, 0.5) is 5.13 Å². The Bertz CT molecular complexity index is 669. The van der Waals surface area contributed by atoms with Crippen molar-refractivity contribution >= 4 is 39.0 Å². The van der Waals surface area contributed by atoms with Crippen molar-refractivity contribution in [3.63, 3.8) is 0 Å². The second-order valence-corrected chi connectivity index (χ2v) is 4.94. The van der Waals surface area contributed by atoms with Crippen LogP contribution in [0.3, 0.4) is 0 Å². The van der Waals surface area contributed by atoms with Crippen molar-refractivity contribution < 1.29 is 0 Å². The van der Waals surface area contributed by atoms with E-state index in [1.165, 1.54) is 11.3 Å². The topological polar surface area (TPSA) is 50.7 Å². The largest absolute Gasteiger partial charge is 0.356 e. The van der Waals surface area contributed by atoms with Gasteiger partial charge in [-0.1, -0.05) is 29.0 Å². The van der Waals surface area contributed by atoms with Gasteiger partial charge in [0, 0.05) is 23.2 Å². The molecule has 0 atom stereocenters. The molecule has 6 heteroatoms. The number of hydrogen-bond acceptors (Lipinski definition) is 5. The smallest absolute Gasteiger partial charge is 0.205 e. The number of fused-ring (bicyclic) bond motifs is 1. The normalized spacial score (nSPS) is 10.7. The van der Waals surface area contributed by atoms with Crippen LogP contribution >= 0.6 is 22.9 Å². The van der Waals surface area contributed by atoms with E-state index in [9.17, 15) is 0 Å². The summed E-state index contributed by atoms with van der Waals surface area (Å²) in [6.45, 7) is 0.653. The Labute approximate surface area is 113 Å². The monoisotopic (exact) mass is 276 g/mol. The van der Waals surface area contributed by atoms with Crippen LogP contribution in [0.25, 0.3) is 10.9 Å². The molecule has 0 fully saturated rings. The zero-order valence-corrected chi connectivity index (χ0v) is 10.9. The van der Waals surface area contributed by atoms with E-state index in [4.69, 9.17) is 11.6 Å². The Kier molecular flexibility index (Phi) is 3.08. The van der Waals surface area contributed by atoms with Gasteiger partial charge in [-0.3, -0.25) is 4.98 Å². The molecule has 1 N–H and O–H groups in total. The van der Waals surface area contributed by atoms with Crippen molar-refractivity contribution in [2.24, 2.45) is 0 Å². The van der Waals surface area contributed by atoms with E-state index >= 15 is 0 Å². The molecule has 0 spiro atoms. The summed E-state index contributed by atoms with van der Waals surface area (Å²) in [6.07, 6.45) is 1.77. The highest BCUT2D eigenvalue weighted by Crippen LogP contribution is 2.25. The molecule has 0 saturated carbocycles. The van der Waals surface area contributed by atoms with E-state index < -0.39 is 0 Å². The number of aromatic nitrogens is 3. The first kappa shape index (κ1) is 11.4. The van der Waals surface area contributed by atoms with E-state index in [2.05, 4.69) is 20.5 Å². The summed E-state index contributed by atoms with van der Waals surface area (Å²) < 4.78 is 0. The zero-order chi connectivity index (χ0) is 12.4. The van der Waals surface area contributed by atoms with Gasteiger partial charge < -0.3 is 5.32 Å². The second kappa shape index (κ2) is 4.88. The van der Waals surface area contributed by atoms with E-state index in [1.807, 2.05) is 24.3 Å². The molecule has 0 unspecified atom stereocenters. The van der Waals surface area contributed by atoms with Gasteiger partial charge in [-0.25, -0.2) is 0 Å². The number of halogens is 1. The molecule has 3 rings (SSSR count). The van der Waals surface area contributed by atoms with Crippen LogP contribution in [0.1, 0.15) is 5.56 Å². The Morgan fingerprint density at radius 2 is 2.22 bits per heavy atom. The Balaban J connectivity index is 1.94. The van der Waals surface area contributed by atoms with E-state index in [0.29, 0.717) is 6.54 Å². The Morgan fingerprint density at radius 3 is 3.06 bits per heavy atom. The van der Waals surface area contributed by atoms with Crippen LogP contribution in [-0.2, 0) is 6.54 Å². The van der Waals surface area contributed by atoms with Crippen LogP contribution in [0.2, 0.25) is 5.02 Å². The number of benzene rings is 1. The predicted octanol–water partition coefficient (Wildman–Crippen LogP) is 3.35. The number of nitrogens with one attached hydrogen (secondary N) is 1. The summed E-state index contributed by atoms with van der Waals surface area (Å²) in [6, 6.07) is 7.73. The lowest BCUT2D eigenvalue weighted by molar-refractivity contribution is 1.05. The zero-order valence-electron chi connectivity index (χ0n) is 9.30. The average molecular weight is 277 g/mol. The molecule has 0 amide bonds. The molecule has 2 aromatic heterocycles. The van der Waals surface area contributed by atoms with Gasteiger partial charge in [0.2, 0.25) is 5.13 Å². The minimum atomic E-state index is 0.653. The van der Waals surface area contributed by atoms with Gasteiger partial charge >= 0.3 is 0 Å². The Hall–Kier alpha value is -1.72. The number of pyridine rings is 1. The first-order chi connectivity index (χ1) is 8.84.